The van der Waals surface area contributed by atoms with Gasteiger partial charge >= 0.3 is 5.97 Å². The number of carbonyl (C=O) groups excluding carboxylic acids is 2. The number of carbonyl (C=O) groups is 2. The van der Waals surface area contributed by atoms with E-state index in [0.29, 0.717) is 13.0 Å². The van der Waals surface area contributed by atoms with Gasteiger partial charge in [-0.15, -0.1) is 0 Å². The molecular formula is C19H25NO3. The van der Waals surface area contributed by atoms with Gasteiger partial charge in [0, 0.05) is 6.08 Å². The number of rotatable bonds is 6. The quantitative estimate of drug-likeness (QED) is 0.648. The van der Waals surface area contributed by atoms with Crippen LogP contribution in [0.1, 0.15) is 44.6 Å². The highest BCUT2D eigenvalue weighted by atomic mass is 16.5. The zero-order valence-electron chi connectivity index (χ0n) is 13.7. The summed E-state index contributed by atoms with van der Waals surface area (Å²) in [5.41, 5.74) is 0.571. The molecule has 0 saturated heterocycles. The van der Waals surface area contributed by atoms with Crippen LogP contribution in [0.4, 0.5) is 0 Å². The Morgan fingerprint density at radius 2 is 1.87 bits per heavy atom. The van der Waals surface area contributed by atoms with Crippen molar-refractivity contribution in [2.24, 2.45) is 0 Å². The molecule has 4 nitrogen and oxygen atoms in total. The van der Waals surface area contributed by atoms with E-state index in [4.69, 9.17) is 4.74 Å². The predicted octanol–water partition coefficient (Wildman–Crippen LogP) is 3.17. The van der Waals surface area contributed by atoms with E-state index in [0.717, 1.165) is 31.2 Å². The minimum absolute atomic E-state index is 0.00777. The third kappa shape index (κ3) is 5.55. The second-order valence-corrected chi connectivity index (χ2v) is 6.01. The molecule has 1 aliphatic rings. The largest absolute Gasteiger partial charge is 0.463 e. The summed E-state index contributed by atoms with van der Waals surface area (Å²) in [5.74, 6) is -0.360. The van der Waals surface area contributed by atoms with Crippen LogP contribution in [0.5, 0.6) is 0 Å². The summed E-state index contributed by atoms with van der Waals surface area (Å²) in [4.78, 5) is 24.0. The monoisotopic (exact) mass is 315 g/mol. The number of amides is 1. The summed E-state index contributed by atoms with van der Waals surface area (Å²) in [6.45, 7) is 2.14. The van der Waals surface area contributed by atoms with E-state index < -0.39 is 5.54 Å². The van der Waals surface area contributed by atoms with Crippen molar-refractivity contribution in [1.29, 1.82) is 0 Å². The molecule has 1 saturated carbocycles. The fraction of sp³-hybridized carbons (Fsp3) is 0.474. The van der Waals surface area contributed by atoms with E-state index in [1.807, 2.05) is 36.4 Å². The second-order valence-electron chi connectivity index (χ2n) is 6.01. The first-order valence-corrected chi connectivity index (χ1v) is 8.34. The van der Waals surface area contributed by atoms with Gasteiger partial charge in [0.1, 0.15) is 0 Å². The molecule has 0 bridgehead atoms. The van der Waals surface area contributed by atoms with E-state index >= 15 is 0 Å². The molecule has 0 radical (unpaired) electrons. The molecule has 1 aromatic rings. The minimum Gasteiger partial charge on any atom is -0.463 e. The molecule has 1 fully saturated rings. The summed E-state index contributed by atoms with van der Waals surface area (Å²) < 4.78 is 4.94. The van der Waals surface area contributed by atoms with Crippen molar-refractivity contribution < 1.29 is 14.3 Å². The number of benzene rings is 1. The van der Waals surface area contributed by atoms with Crippen LogP contribution in [-0.2, 0) is 20.7 Å². The van der Waals surface area contributed by atoms with E-state index in [9.17, 15) is 9.59 Å². The maximum atomic E-state index is 12.4. The molecule has 0 spiro atoms. The van der Waals surface area contributed by atoms with Crippen molar-refractivity contribution in [2.75, 3.05) is 6.61 Å². The molecule has 1 aromatic carbocycles. The van der Waals surface area contributed by atoms with Crippen molar-refractivity contribution in [3.05, 3.63) is 48.0 Å². The molecule has 4 heteroatoms. The van der Waals surface area contributed by atoms with Gasteiger partial charge in [0.25, 0.3) is 0 Å². The SMILES string of the molecule is CCOC(=O)/C=C/C1(NC(=O)Cc2ccccc2)CCCCC1. The van der Waals surface area contributed by atoms with Crippen LogP contribution in [0.15, 0.2) is 42.5 Å². The number of nitrogens with one attached hydrogen (secondary N) is 1. The van der Waals surface area contributed by atoms with Gasteiger partial charge in [-0.05, 0) is 25.3 Å². The average molecular weight is 315 g/mol. The molecule has 0 aliphatic heterocycles. The summed E-state index contributed by atoms with van der Waals surface area (Å²) in [6, 6.07) is 9.69. The molecule has 0 unspecified atom stereocenters. The minimum atomic E-state index is -0.420. The van der Waals surface area contributed by atoms with Gasteiger partial charge < -0.3 is 10.1 Å². The van der Waals surface area contributed by atoms with Crippen LogP contribution in [0.3, 0.4) is 0 Å². The van der Waals surface area contributed by atoms with Crippen LogP contribution in [0, 0.1) is 0 Å². The van der Waals surface area contributed by atoms with Crippen LogP contribution in [0.2, 0.25) is 0 Å². The molecule has 1 amide bonds. The first-order valence-electron chi connectivity index (χ1n) is 8.34. The average Bonchev–Trinajstić information content (AvgIpc) is 2.55. The highest BCUT2D eigenvalue weighted by Gasteiger charge is 2.31. The molecule has 2 rings (SSSR count). The topological polar surface area (TPSA) is 55.4 Å². The van der Waals surface area contributed by atoms with Crippen LogP contribution in [0.25, 0.3) is 0 Å². The molecule has 23 heavy (non-hydrogen) atoms. The molecule has 0 heterocycles. The van der Waals surface area contributed by atoms with Gasteiger partial charge in [0.2, 0.25) is 5.91 Å². The maximum absolute atomic E-state index is 12.4. The highest BCUT2D eigenvalue weighted by molar-refractivity contribution is 5.83. The number of hydrogen-bond acceptors (Lipinski definition) is 3. The van der Waals surface area contributed by atoms with E-state index in [1.165, 1.54) is 12.5 Å². The third-order valence-electron chi connectivity index (χ3n) is 4.17. The van der Waals surface area contributed by atoms with Crippen molar-refractivity contribution in [2.45, 2.75) is 51.0 Å². The van der Waals surface area contributed by atoms with E-state index in [-0.39, 0.29) is 11.9 Å². The van der Waals surface area contributed by atoms with Crippen LogP contribution < -0.4 is 5.32 Å². The van der Waals surface area contributed by atoms with Crippen molar-refractivity contribution in [1.82, 2.24) is 5.32 Å². The fourth-order valence-electron chi connectivity index (χ4n) is 3.04. The lowest BCUT2D eigenvalue weighted by Gasteiger charge is -2.35. The molecule has 124 valence electrons. The van der Waals surface area contributed by atoms with Gasteiger partial charge in [-0.2, -0.15) is 0 Å². The van der Waals surface area contributed by atoms with Crippen LogP contribution in [-0.4, -0.2) is 24.0 Å². The number of hydrogen-bond donors (Lipinski definition) is 1. The first-order chi connectivity index (χ1) is 11.1. The van der Waals surface area contributed by atoms with Crippen molar-refractivity contribution in [3.8, 4) is 0 Å². The van der Waals surface area contributed by atoms with Gasteiger partial charge in [-0.1, -0.05) is 55.7 Å². The Hall–Kier alpha value is -2.10. The first kappa shape index (κ1) is 17.3. The Bertz CT molecular complexity index is 545. The Balaban J connectivity index is 2.02. The summed E-state index contributed by atoms with van der Waals surface area (Å²) in [7, 11) is 0. The number of ether oxygens (including phenoxy) is 1. The lowest BCUT2D eigenvalue weighted by molar-refractivity contribution is -0.137. The van der Waals surface area contributed by atoms with Crippen molar-refractivity contribution >= 4 is 11.9 Å². The van der Waals surface area contributed by atoms with Crippen LogP contribution >= 0.6 is 0 Å². The summed E-state index contributed by atoms with van der Waals surface area (Å²) in [6.07, 6.45) is 8.65. The van der Waals surface area contributed by atoms with Gasteiger partial charge in [-0.3, -0.25) is 4.79 Å². The Morgan fingerprint density at radius 3 is 2.52 bits per heavy atom. The zero-order valence-corrected chi connectivity index (χ0v) is 13.7. The lowest BCUT2D eigenvalue weighted by Crippen LogP contribution is -2.49. The van der Waals surface area contributed by atoms with E-state index in [1.54, 1.807) is 6.92 Å². The molecule has 0 atom stereocenters. The Kier molecular flexibility index (Phi) is 6.39. The molecular weight excluding hydrogens is 290 g/mol. The van der Waals surface area contributed by atoms with Gasteiger partial charge in [-0.25, -0.2) is 4.79 Å². The highest BCUT2D eigenvalue weighted by Crippen LogP contribution is 2.29. The van der Waals surface area contributed by atoms with Gasteiger partial charge in [0.15, 0.2) is 0 Å². The summed E-state index contributed by atoms with van der Waals surface area (Å²) >= 11 is 0. The molecule has 1 N–H and O–H groups in total. The standard InChI is InChI=1S/C19H25NO3/c1-2-23-18(22)11-14-19(12-7-4-8-13-19)20-17(21)15-16-9-5-3-6-10-16/h3,5-6,9-11,14H,2,4,7-8,12-13,15H2,1H3,(H,20,21)/b14-11+. The fourth-order valence-corrected chi connectivity index (χ4v) is 3.04. The second kappa shape index (κ2) is 8.51. The number of esters is 1. The lowest BCUT2D eigenvalue weighted by atomic mass is 9.81. The van der Waals surface area contributed by atoms with Crippen molar-refractivity contribution in [3.63, 3.8) is 0 Å². The normalized spacial score (nSPS) is 16.9. The Morgan fingerprint density at radius 1 is 1.17 bits per heavy atom. The smallest absolute Gasteiger partial charge is 0.330 e. The molecule has 0 aromatic heterocycles. The third-order valence-corrected chi connectivity index (χ3v) is 4.17. The van der Waals surface area contributed by atoms with Gasteiger partial charge in [0.05, 0.1) is 18.6 Å². The zero-order chi connectivity index (χ0) is 16.5. The Labute approximate surface area is 137 Å². The summed E-state index contributed by atoms with van der Waals surface area (Å²) in [5, 5.41) is 3.14. The predicted molar refractivity (Wildman–Crippen MR) is 89.9 cm³/mol. The molecule has 1 aliphatic carbocycles. The van der Waals surface area contributed by atoms with E-state index in [2.05, 4.69) is 5.32 Å². The maximum Gasteiger partial charge on any atom is 0.330 e.